The van der Waals surface area contributed by atoms with Gasteiger partial charge in [0.15, 0.2) is 0 Å². The fourth-order valence-electron chi connectivity index (χ4n) is 7.02. The average molecular weight is 571 g/mol. The van der Waals surface area contributed by atoms with E-state index in [-0.39, 0.29) is 18.1 Å². The minimum Gasteiger partial charge on any atom is -0.485 e. The Balaban J connectivity index is 1.35. The number of benzene rings is 2. The summed E-state index contributed by atoms with van der Waals surface area (Å²) < 4.78 is 18.0. The summed E-state index contributed by atoms with van der Waals surface area (Å²) in [7, 11) is 3.42. The number of aryl methyl sites for hydroxylation is 1. The van der Waals surface area contributed by atoms with Gasteiger partial charge in [0.05, 0.1) is 25.7 Å². The molecule has 2 aliphatic heterocycles. The number of methoxy groups -OCH3 is 2. The summed E-state index contributed by atoms with van der Waals surface area (Å²) >= 11 is 0. The minimum absolute atomic E-state index is 0.0234. The van der Waals surface area contributed by atoms with Crippen molar-refractivity contribution in [3.05, 3.63) is 77.0 Å². The maximum atomic E-state index is 11.9. The van der Waals surface area contributed by atoms with Crippen molar-refractivity contribution in [2.45, 2.75) is 63.5 Å². The molecule has 42 heavy (non-hydrogen) atoms. The molecule has 1 aliphatic carbocycles. The molecule has 2 fully saturated rings. The molecule has 7 heteroatoms. The predicted octanol–water partition coefficient (Wildman–Crippen LogP) is 6.82. The molecular formula is C35H42N2O5. The van der Waals surface area contributed by atoms with E-state index in [9.17, 15) is 9.90 Å². The molecule has 1 aromatic heterocycles. The molecule has 0 spiro atoms. The van der Waals surface area contributed by atoms with E-state index in [4.69, 9.17) is 14.2 Å². The number of carboxylic acids is 1. The zero-order chi connectivity index (χ0) is 29.2. The van der Waals surface area contributed by atoms with Crippen molar-refractivity contribution in [3.8, 4) is 22.8 Å². The lowest BCUT2D eigenvalue weighted by Crippen LogP contribution is -2.29. The fourth-order valence-corrected chi connectivity index (χ4v) is 7.02. The smallest absolute Gasteiger partial charge is 0.306 e. The van der Waals surface area contributed by atoms with Crippen LogP contribution in [0.4, 0.5) is 0 Å². The van der Waals surface area contributed by atoms with Crippen molar-refractivity contribution in [1.82, 2.24) is 9.88 Å². The first-order valence-corrected chi connectivity index (χ1v) is 15.4. The van der Waals surface area contributed by atoms with E-state index in [1.165, 1.54) is 24.0 Å². The Hall–Kier alpha value is -3.42. The highest BCUT2D eigenvalue weighted by Crippen LogP contribution is 2.48. The number of aliphatic carboxylic acids is 1. The maximum Gasteiger partial charge on any atom is 0.306 e. The molecule has 3 unspecified atom stereocenters. The van der Waals surface area contributed by atoms with Gasteiger partial charge in [-0.1, -0.05) is 31.2 Å². The second-order valence-electron chi connectivity index (χ2n) is 12.2. The van der Waals surface area contributed by atoms with Gasteiger partial charge in [0.25, 0.3) is 0 Å². The van der Waals surface area contributed by atoms with Crippen LogP contribution in [0.1, 0.15) is 79.3 Å². The number of pyridine rings is 1. The summed E-state index contributed by atoms with van der Waals surface area (Å²) in [5.74, 6) is 0.807. The Kier molecular flexibility index (Phi) is 8.50. The normalized spacial score (nSPS) is 20.8. The van der Waals surface area contributed by atoms with Crippen LogP contribution in [-0.2, 0) is 16.0 Å². The summed E-state index contributed by atoms with van der Waals surface area (Å²) in [6.45, 7) is 4.57. The van der Waals surface area contributed by atoms with Crippen LogP contribution in [0.5, 0.6) is 11.6 Å². The minimum atomic E-state index is -0.730. The predicted molar refractivity (Wildman–Crippen MR) is 162 cm³/mol. The molecule has 2 aromatic carbocycles. The van der Waals surface area contributed by atoms with Gasteiger partial charge < -0.3 is 19.3 Å². The zero-order valence-electron chi connectivity index (χ0n) is 24.9. The number of fused-ring (bicyclic) bond motifs is 1. The maximum absolute atomic E-state index is 11.9. The summed E-state index contributed by atoms with van der Waals surface area (Å²) in [4.78, 5) is 18.8. The molecule has 0 radical (unpaired) electrons. The van der Waals surface area contributed by atoms with Gasteiger partial charge in [-0.3, -0.25) is 9.69 Å². The van der Waals surface area contributed by atoms with Crippen molar-refractivity contribution in [1.29, 1.82) is 0 Å². The van der Waals surface area contributed by atoms with Crippen molar-refractivity contribution in [3.63, 3.8) is 0 Å². The van der Waals surface area contributed by atoms with E-state index in [0.29, 0.717) is 18.4 Å². The number of likely N-dealkylation sites (tertiary alicyclic amines) is 1. The van der Waals surface area contributed by atoms with Gasteiger partial charge in [0.2, 0.25) is 5.88 Å². The lowest BCUT2D eigenvalue weighted by molar-refractivity contribution is -0.142. The van der Waals surface area contributed by atoms with E-state index in [0.717, 1.165) is 66.8 Å². The monoisotopic (exact) mass is 570 g/mol. The lowest BCUT2D eigenvalue weighted by atomic mass is 9.82. The van der Waals surface area contributed by atoms with E-state index < -0.39 is 11.9 Å². The van der Waals surface area contributed by atoms with Crippen LogP contribution in [0.3, 0.4) is 0 Å². The number of aromatic nitrogens is 1. The third-order valence-corrected chi connectivity index (χ3v) is 9.45. The molecular weight excluding hydrogens is 528 g/mol. The van der Waals surface area contributed by atoms with Crippen molar-refractivity contribution in [2.24, 2.45) is 11.8 Å². The van der Waals surface area contributed by atoms with Crippen molar-refractivity contribution >= 4 is 5.97 Å². The number of hydrogen-bond donors (Lipinski definition) is 1. The van der Waals surface area contributed by atoms with Crippen LogP contribution in [0.25, 0.3) is 11.1 Å². The number of hydrogen-bond acceptors (Lipinski definition) is 6. The van der Waals surface area contributed by atoms with Gasteiger partial charge in [0.1, 0.15) is 11.9 Å². The Bertz CT molecular complexity index is 1410. The summed E-state index contributed by atoms with van der Waals surface area (Å²) in [5, 5.41) is 9.79. The summed E-state index contributed by atoms with van der Waals surface area (Å²) in [6.07, 6.45) is 8.13. The Labute approximate surface area is 248 Å². The zero-order valence-corrected chi connectivity index (χ0v) is 24.9. The van der Waals surface area contributed by atoms with E-state index in [1.807, 2.05) is 19.1 Å². The number of rotatable bonds is 11. The Morgan fingerprint density at radius 1 is 1.07 bits per heavy atom. The lowest BCUT2D eigenvalue weighted by Gasteiger charge is -2.32. The van der Waals surface area contributed by atoms with Gasteiger partial charge in [0, 0.05) is 19.4 Å². The molecule has 1 saturated heterocycles. The third-order valence-electron chi connectivity index (χ3n) is 9.45. The van der Waals surface area contributed by atoms with E-state index >= 15 is 0 Å². The molecule has 7 nitrogen and oxygen atoms in total. The SMILES string of the molecule is COCC(c1cc(C2CCc3ccc(C(C4CC4)[C@H](C)C(=O)O)cc3O2)ccc1-c1ccnc(OC)c1)N1CCCC1. The van der Waals surface area contributed by atoms with E-state index in [2.05, 4.69) is 46.3 Å². The third kappa shape index (κ3) is 5.90. The second kappa shape index (κ2) is 12.4. The molecule has 1 N–H and O–H groups in total. The highest BCUT2D eigenvalue weighted by atomic mass is 16.5. The largest absolute Gasteiger partial charge is 0.485 e. The Morgan fingerprint density at radius 3 is 2.60 bits per heavy atom. The second-order valence-corrected chi connectivity index (χ2v) is 12.2. The molecule has 0 amide bonds. The number of ether oxygens (including phenoxy) is 3. The summed E-state index contributed by atoms with van der Waals surface area (Å²) in [6, 6.07) is 17.3. The van der Waals surface area contributed by atoms with Gasteiger partial charge in [-0.2, -0.15) is 0 Å². The number of carboxylic acid groups (broad SMARTS) is 1. The van der Waals surface area contributed by atoms with Gasteiger partial charge >= 0.3 is 5.97 Å². The molecule has 222 valence electrons. The van der Waals surface area contributed by atoms with Gasteiger partial charge in [-0.05, 0) is 115 Å². The number of carbonyl (C=O) groups is 1. The topological polar surface area (TPSA) is 81.1 Å². The highest BCUT2D eigenvalue weighted by Gasteiger charge is 2.39. The molecule has 0 bridgehead atoms. The molecule has 1 saturated carbocycles. The number of nitrogens with zero attached hydrogens (tertiary/aromatic N) is 2. The Morgan fingerprint density at radius 2 is 1.88 bits per heavy atom. The quantitative estimate of drug-likeness (QED) is 0.271. The first kappa shape index (κ1) is 28.7. The first-order chi connectivity index (χ1) is 20.5. The average Bonchev–Trinajstić information content (AvgIpc) is 3.70. The van der Waals surface area contributed by atoms with Crippen LogP contribution < -0.4 is 9.47 Å². The molecule has 3 aromatic rings. The van der Waals surface area contributed by atoms with Crippen LogP contribution in [-0.4, -0.2) is 54.9 Å². The van der Waals surface area contributed by atoms with E-state index in [1.54, 1.807) is 20.4 Å². The van der Waals surface area contributed by atoms with Gasteiger partial charge in [-0.25, -0.2) is 4.98 Å². The van der Waals surface area contributed by atoms with Crippen LogP contribution in [0.2, 0.25) is 0 Å². The molecule has 3 aliphatic rings. The first-order valence-electron chi connectivity index (χ1n) is 15.4. The highest BCUT2D eigenvalue weighted by molar-refractivity contribution is 5.71. The summed E-state index contributed by atoms with van der Waals surface area (Å²) in [5.41, 5.74) is 6.90. The van der Waals surface area contributed by atoms with Gasteiger partial charge in [-0.15, -0.1) is 0 Å². The standard InChI is InChI=1S/C35H42N2O5/c1-22(35(38)39)34(24-7-8-24)27-9-6-23-11-13-31(42-32(23)19-27)26-10-12-28(25-14-15-36-33(20-25)41-3)29(18-26)30(21-40-2)37-16-4-5-17-37/h6,9-10,12,14-15,18-20,22,24,30-31,34H,4-5,7-8,11,13,16-17,21H2,1-3H3,(H,38,39)/t22-,30?,31?,34?/m0/s1. The van der Waals surface area contributed by atoms with Crippen molar-refractivity contribution < 1.29 is 24.1 Å². The fraction of sp³-hybridized carbons (Fsp3) is 0.486. The van der Waals surface area contributed by atoms with Crippen LogP contribution >= 0.6 is 0 Å². The molecule has 6 rings (SSSR count). The van der Waals surface area contributed by atoms with Crippen LogP contribution in [0.15, 0.2) is 54.7 Å². The van der Waals surface area contributed by atoms with Crippen molar-refractivity contribution in [2.75, 3.05) is 33.9 Å². The van der Waals surface area contributed by atoms with Crippen LogP contribution in [0, 0.1) is 11.8 Å². The molecule has 3 heterocycles. The molecule has 4 atom stereocenters.